The third kappa shape index (κ3) is 4.94. The predicted molar refractivity (Wildman–Crippen MR) is 101 cm³/mol. The molecule has 0 radical (unpaired) electrons. The van der Waals surface area contributed by atoms with E-state index in [1.807, 2.05) is 13.8 Å². The van der Waals surface area contributed by atoms with Crippen molar-refractivity contribution in [3.05, 3.63) is 22.5 Å². The first kappa shape index (κ1) is 20.6. The molecule has 146 valence electrons. The number of hydrogen-bond acceptors (Lipinski definition) is 4. The Bertz CT molecular complexity index is 783. The molecule has 26 heavy (non-hydrogen) atoms. The van der Waals surface area contributed by atoms with Gasteiger partial charge in [-0.15, -0.1) is 0 Å². The van der Waals surface area contributed by atoms with Gasteiger partial charge in [0.2, 0.25) is 10.0 Å². The smallest absolute Gasteiger partial charge is 0.270 e. The van der Waals surface area contributed by atoms with Crippen LogP contribution in [0.4, 0.5) is 0 Å². The zero-order valence-corrected chi connectivity index (χ0v) is 16.8. The van der Waals surface area contributed by atoms with Crippen LogP contribution in [-0.2, 0) is 16.4 Å². The van der Waals surface area contributed by atoms with Crippen LogP contribution in [0.2, 0.25) is 0 Å². The lowest BCUT2D eigenvalue weighted by Gasteiger charge is -2.32. The van der Waals surface area contributed by atoms with Gasteiger partial charge in [-0.1, -0.05) is 13.3 Å². The molecule has 8 heteroatoms. The second-order valence-electron chi connectivity index (χ2n) is 7.16. The summed E-state index contributed by atoms with van der Waals surface area (Å²) in [7, 11) is -3.24. The molecule has 1 aliphatic heterocycles. The first-order chi connectivity index (χ1) is 12.1. The second-order valence-corrected chi connectivity index (χ2v) is 9.00. The van der Waals surface area contributed by atoms with Crippen molar-refractivity contribution < 1.29 is 18.0 Å². The summed E-state index contributed by atoms with van der Waals surface area (Å²) in [6.45, 7) is 6.87. The quantitative estimate of drug-likeness (QED) is 0.702. The summed E-state index contributed by atoms with van der Waals surface area (Å²) in [5.74, 6) is -0.0383. The van der Waals surface area contributed by atoms with Gasteiger partial charge < -0.3 is 9.88 Å². The van der Waals surface area contributed by atoms with Crippen molar-refractivity contribution in [1.29, 1.82) is 0 Å². The molecule has 0 spiro atoms. The molecule has 1 amide bonds. The van der Waals surface area contributed by atoms with E-state index in [0.29, 0.717) is 37.3 Å². The molecule has 2 N–H and O–H groups in total. The molecule has 2 rings (SSSR count). The van der Waals surface area contributed by atoms with Crippen LogP contribution in [0.25, 0.3) is 0 Å². The Hall–Kier alpha value is -1.67. The molecular weight excluding hydrogens is 354 g/mol. The van der Waals surface area contributed by atoms with E-state index in [9.17, 15) is 18.0 Å². The lowest BCUT2D eigenvalue weighted by atomic mass is 9.97. The number of nitrogens with one attached hydrogen (secondary N) is 2. The van der Waals surface area contributed by atoms with E-state index < -0.39 is 10.0 Å². The van der Waals surface area contributed by atoms with Gasteiger partial charge in [-0.05, 0) is 44.6 Å². The van der Waals surface area contributed by atoms with Crippen LogP contribution in [0, 0.1) is 12.8 Å². The van der Waals surface area contributed by atoms with Crippen LogP contribution in [0.5, 0.6) is 0 Å². The highest BCUT2D eigenvalue weighted by atomic mass is 32.2. The topological polar surface area (TPSA) is 99.3 Å². The maximum Gasteiger partial charge on any atom is 0.270 e. The Kier molecular flexibility index (Phi) is 6.63. The maximum atomic E-state index is 13.1. The molecule has 1 unspecified atom stereocenters. The number of rotatable bonds is 7. The third-order valence-corrected chi connectivity index (χ3v) is 5.49. The summed E-state index contributed by atoms with van der Waals surface area (Å²) in [6.07, 6.45) is 4.38. The van der Waals surface area contributed by atoms with E-state index in [4.69, 9.17) is 0 Å². The van der Waals surface area contributed by atoms with Crippen LogP contribution >= 0.6 is 0 Å². The summed E-state index contributed by atoms with van der Waals surface area (Å²) in [5.41, 5.74) is 2.67. The van der Waals surface area contributed by atoms with Crippen LogP contribution < -0.4 is 4.72 Å². The summed E-state index contributed by atoms with van der Waals surface area (Å²) in [5, 5.41) is 0. The van der Waals surface area contributed by atoms with Crippen LogP contribution in [0.15, 0.2) is 0 Å². The fraction of sp³-hybridized carbons (Fsp3) is 0.667. The van der Waals surface area contributed by atoms with Crippen LogP contribution in [0.1, 0.15) is 65.2 Å². The average molecular weight is 384 g/mol. The Morgan fingerprint density at radius 1 is 1.35 bits per heavy atom. The molecule has 0 saturated carbocycles. The lowest BCUT2D eigenvalue weighted by Crippen LogP contribution is -2.44. The number of aryl methyl sites for hydroxylation is 1. The molecule has 0 aliphatic carbocycles. The molecule has 1 fully saturated rings. The molecule has 0 bridgehead atoms. The van der Waals surface area contributed by atoms with Gasteiger partial charge in [0.15, 0.2) is 5.78 Å². The van der Waals surface area contributed by atoms with E-state index in [0.717, 1.165) is 36.8 Å². The minimum absolute atomic E-state index is 0.0323. The molecule has 1 aliphatic rings. The number of sulfonamides is 1. The van der Waals surface area contributed by atoms with Gasteiger partial charge >= 0.3 is 0 Å². The Balaban J connectivity index is 2.20. The zero-order chi connectivity index (χ0) is 19.5. The van der Waals surface area contributed by atoms with Gasteiger partial charge in [0.1, 0.15) is 5.69 Å². The Morgan fingerprint density at radius 2 is 2.04 bits per heavy atom. The maximum absolute atomic E-state index is 13.1. The number of H-pyrrole nitrogens is 1. The standard InChI is InChI=1S/C18H29N3O4S/c1-5-7-15-16(13(3)22)12(2)20-17(15)18(23)21-9-6-8-14(11-21)10-19-26(4,24)25/h14,19-20H,5-11H2,1-4H3. The van der Waals surface area contributed by atoms with E-state index in [-0.39, 0.29) is 17.6 Å². The van der Waals surface area contributed by atoms with Gasteiger partial charge in [0.05, 0.1) is 6.26 Å². The summed E-state index contributed by atoms with van der Waals surface area (Å²) >= 11 is 0. The van der Waals surface area contributed by atoms with Crippen molar-refractivity contribution in [3.63, 3.8) is 0 Å². The fourth-order valence-electron chi connectivity index (χ4n) is 3.68. The van der Waals surface area contributed by atoms with E-state index >= 15 is 0 Å². The Morgan fingerprint density at radius 3 is 2.62 bits per heavy atom. The second kappa shape index (κ2) is 8.35. The number of amides is 1. The number of ketones is 1. The number of aromatic nitrogens is 1. The SMILES string of the molecule is CCCc1c(C(=O)N2CCCC(CNS(C)(=O)=O)C2)[nH]c(C)c1C(C)=O. The number of piperidine rings is 1. The number of nitrogens with zero attached hydrogens (tertiary/aromatic N) is 1. The zero-order valence-electron chi connectivity index (χ0n) is 16.0. The minimum atomic E-state index is -3.24. The third-order valence-electron chi connectivity index (χ3n) is 4.80. The number of carbonyl (C=O) groups excluding carboxylic acids is 2. The van der Waals surface area contributed by atoms with Crippen molar-refractivity contribution in [1.82, 2.24) is 14.6 Å². The van der Waals surface area contributed by atoms with E-state index in [1.54, 1.807) is 4.90 Å². The first-order valence-corrected chi connectivity index (χ1v) is 11.0. The molecule has 1 aromatic heterocycles. The number of likely N-dealkylation sites (tertiary alicyclic amines) is 1. The number of Topliss-reactive ketones (excluding diaryl/α,β-unsaturated/α-hetero) is 1. The summed E-state index contributed by atoms with van der Waals surface area (Å²) in [6, 6.07) is 0. The largest absolute Gasteiger partial charge is 0.354 e. The van der Waals surface area contributed by atoms with Crippen LogP contribution in [0.3, 0.4) is 0 Å². The highest BCUT2D eigenvalue weighted by molar-refractivity contribution is 7.88. The highest BCUT2D eigenvalue weighted by Gasteiger charge is 2.29. The molecule has 1 aromatic rings. The van der Waals surface area contributed by atoms with Gasteiger partial charge in [0, 0.05) is 30.9 Å². The number of carbonyl (C=O) groups is 2. The van der Waals surface area contributed by atoms with Crippen molar-refractivity contribution in [2.75, 3.05) is 25.9 Å². The monoisotopic (exact) mass is 383 g/mol. The molecular formula is C18H29N3O4S. The molecule has 2 heterocycles. The Labute approximate surface area is 155 Å². The van der Waals surface area contributed by atoms with Gasteiger partial charge in [0.25, 0.3) is 5.91 Å². The summed E-state index contributed by atoms with van der Waals surface area (Å²) < 4.78 is 25.1. The molecule has 7 nitrogen and oxygen atoms in total. The van der Waals surface area contributed by atoms with Crippen molar-refractivity contribution in [2.45, 2.75) is 46.5 Å². The van der Waals surface area contributed by atoms with E-state index in [2.05, 4.69) is 9.71 Å². The van der Waals surface area contributed by atoms with Gasteiger partial charge in [-0.25, -0.2) is 13.1 Å². The molecule has 1 atom stereocenters. The number of aromatic amines is 1. The predicted octanol–water partition coefficient (Wildman–Crippen LogP) is 1.88. The van der Waals surface area contributed by atoms with Crippen molar-refractivity contribution in [3.8, 4) is 0 Å². The number of hydrogen-bond donors (Lipinski definition) is 2. The lowest BCUT2D eigenvalue weighted by molar-refractivity contribution is 0.0670. The molecule has 0 aromatic carbocycles. The van der Waals surface area contributed by atoms with Gasteiger partial charge in [-0.3, -0.25) is 9.59 Å². The van der Waals surface area contributed by atoms with Crippen molar-refractivity contribution >= 4 is 21.7 Å². The van der Waals surface area contributed by atoms with Crippen LogP contribution in [-0.4, -0.2) is 55.9 Å². The fourth-order valence-corrected chi connectivity index (χ4v) is 4.22. The highest BCUT2D eigenvalue weighted by Crippen LogP contribution is 2.25. The van der Waals surface area contributed by atoms with Gasteiger partial charge in [-0.2, -0.15) is 0 Å². The minimum Gasteiger partial charge on any atom is -0.354 e. The normalized spacial score (nSPS) is 18.2. The van der Waals surface area contributed by atoms with Crippen molar-refractivity contribution in [2.24, 2.45) is 5.92 Å². The summed E-state index contributed by atoms with van der Waals surface area (Å²) in [4.78, 5) is 30.0. The first-order valence-electron chi connectivity index (χ1n) is 9.10. The average Bonchev–Trinajstić information content (AvgIpc) is 2.89. The molecule has 1 saturated heterocycles. The van der Waals surface area contributed by atoms with E-state index in [1.165, 1.54) is 6.92 Å².